The molecule has 0 spiro atoms. The lowest BCUT2D eigenvalue weighted by atomic mass is 10.2. The zero-order chi connectivity index (χ0) is 15.2. The molecule has 1 fully saturated rings. The molecule has 2 rings (SSSR count). The molecule has 2 atom stereocenters. The summed E-state index contributed by atoms with van der Waals surface area (Å²) < 4.78 is 10.2. The van der Waals surface area contributed by atoms with E-state index in [0.29, 0.717) is 38.2 Å². The normalized spacial score (nSPS) is 21.3. The second kappa shape index (κ2) is 7.84. The average molecular weight is 298 g/mol. The lowest BCUT2D eigenvalue weighted by Crippen LogP contribution is -2.37. The second-order valence-electron chi connectivity index (χ2n) is 5.66. The van der Waals surface area contributed by atoms with E-state index in [-0.39, 0.29) is 0 Å². The first kappa shape index (κ1) is 16.4. The van der Waals surface area contributed by atoms with Gasteiger partial charge in [-0.2, -0.15) is 4.98 Å². The Hall–Kier alpha value is -1.02. The van der Waals surface area contributed by atoms with Crippen molar-refractivity contribution in [2.75, 3.05) is 39.9 Å². The van der Waals surface area contributed by atoms with Crippen molar-refractivity contribution < 1.29 is 14.4 Å². The van der Waals surface area contributed by atoms with Crippen molar-refractivity contribution in [2.45, 2.75) is 39.0 Å². The Bertz CT molecular complexity index is 426. The van der Waals surface area contributed by atoms with Gasteiger partial charge in [-0.25, -0.2) is 0 Å². The number of rotatable bonds is 8. The molecule has 2 unspecified atom stereocenters. The Kier molecular flexibility index (Phi) is 6.10. The molecule has 7 nitrogen and oxygen atoms in total. The van der Waals surface area contributed by atoms with Crippen LogP contribution in [0.3, 0.4) is 0 Å². The van der Waals surface area contributed by atoms with Crippen LogP contribution in [0, 0.1) is 6.92 Å². The maximum atomic E-state index is 9.89. The van der Waals surface area contributed by atoms with E-state index in [9.17, 15) is 5.11 Å². The maximum absolute atomic E-state index is 9.89. The molecule has 0 bridgehead atoms. The third kappa shape index (κ3) is 5.03. The molecular formula is C14H26N4O3. The van der Waals surface area contributed by atoms with Crippen molar-refractivity contribution >= 4 is 0 Å². The highest BCUT2D eigenvalue weighted by molar-refractivity contribution is 4.88. The summed E-state index contributed by atoms with van der Waals surface area (Å²) >= 11 is 0. The van der Waals surface area contributed by atoms with Gasteiger partial charge in [0.15, 0.2) is 5.82 Å². The SMILES string of the molecule is CCOCC(O)CN1CCC(N(C)Cc2noc(C)n2)C1. The first-order valence-corrected chi connectivity index (χ1v) is 7.56. The van der Waals surface area contributed by atoms with Crippen LogP contribution in [0.1, 0.15) is 25.1 Å². The van der Waals surface area contributed by atoms with E-state index in [1.54, 1.807) is 6.92 Å². The largest absolute Gasteiger partial charge is 0.389 e. The van der Waals surface area contributed by atoms with Crippen LogP contribution in [0.4, 0.5) is 0 Å². The van der Waals surface area contributed by atoms with Gasteiger partial charge >= 0.3 is 0 Å². The molecule has 1 aliphatic rings. The van der Waals surface area contributed by atoms with E-state index >= 15 is 0 Å². The van der Waals surface area contributed by atoms with Gasteiger partial charge in [0.2, 0.25) is 5.89 Å². The minimum absolute atomic E-state index is 0.408. The highest BCUT2D eigenvalue weighted by Crippen LogP contribution is 2.16. The number of aryl methyl sites for hydroxylation is 1. The highest BCUT2D eigenvalue weighted by atomic mass is 16.5. The van der Waals surface area contributed by atoms with Gasteiger partial charge < -0.3 is 14.4 Å². The fourth-order valence-corrected chi connectivity index (χ4v) is 2.70. The quantitative estimate of drug-likeness (QED) is 0.739. The fraction of sp³-hybridized carbons (Fsp3) is 0.857. The lowest BCUT2D eigenvalue weighted by Gasteiger charge is -2.24. The van der Waals surface area contributed by atoms with Crippen LogP contribution in [-0.2, 0) is 11.3 Å². The Labute approximate surface area is 125 Å². The summed E-state index contributed by atoms with van der Waals surface area (Å²) in [7, 11) is 2.08. The summed E-state index contributed by atoms with van der Waals surface area (Å²) in [4.78, 5) is 8.77. The van der Waals surface area contributed by atoms with Crippen LogP contribution in [0.15, 0.2) is 4.52 Å². The number of likely N-dealkylation sites (tertiary alicyclic amines) is 1. The van der Waals surface area contributed by atoms with Crippen LogP contribution >= 0.6 is 0 Å². The topological polar surface area (TPSA) is 74.9 Å². The smallest absolute Gasteiger partial charge is 0.223 e. The predicted molar refractivity (Wildman–Crippen MR) is 77.8 cm³/mol. The third-order valence-corrected chi connectivity index (χ3v) is 3.81. The number of hydrogen-bond donors (Lipinski definition) is 1. The van der Waals surface area contributed by atoms with Gasteiger partial charge in [0.1, 0.15) is 0 Å². The number of hydrogen-bond acceptors (Lipinski definition) is 7. The van der Waals surface area contributed by atoms with Gasteiger partial charge in [-0.05, 0) is 26.9 Å². The molecule has 120 valence electrons. The number of ether oxygens (including phenoxy) is 1. The molecule has 1 aromatic heterocycles. The van der Waals surface area contributed by atoms with Crippen LogP contribution in [0.5, 0.6) is 0 Å². The maximum Gasteiger partial charge on any atom is 0.223 e. The van der Waals surface area contributed by atoms with Crippen molar-refractivity contribution in [1.82, 2.24) is 19.9 Å². The molecule has 0 aliphatic carbocycles. The van der Waals surface area contributed by atoms with Crippen molar-refractivity contribution in [3.05, 3.63) is 11.7 Å². The number of likely N-dealkylation sites (N-methyl/N-ethyl adjacent to an activating group) is 1. The van der Waals surface area contributed by atoms with E-state index in [1.165, 1.54) is 0 Å². The Morgan fingerprint density at radius 3 is 3.05 bits per heavy atom. The zero-order valence-electron chi connectivity index (χ0n) is 13.2. The summed E-state index contributed by atoms with van der Waals surface area (Å²) in [5.41, 5.74) is 0. The minimum atomic E-state index is -0.408. The molecule has 1 saturated heterocycles. The predicted octanol–water partition coefficient (Wildman–Crippen LogP) is 0.282. The molecule has 1 N–H and O–H groups in total. The Morgan fingerprint density at radius 1 is 1.57 bits per heavy atom. The molecule has 2 heterocycles. The first-order chi connectivity index (χ1) is 10.1. The summed E-state index contributed by atoms with van der Waals surface area (Å²) in [6, 6.07) is 0.461. The second-order valence-corrected chi connectivity index (χ2v) is 5.66. The Morgan fingerprint density at radius 2 is 2.38 bits per heavy atom. The van der Waals surface area contributed by atoms with E-state index in [0.717, 1.165) is 25.3 Å². The van der Waals surface area contributed by atoms with Gasteiger partial charge in [0.25, 0.3) is 0 Å². The Balaban J connectivity index is 1.73. The monoisotopic (exact) mass is 298 g/mol. The van der Waals surface area contributed by atoms with Gasteiger partial charge in [0, 0.05) is 32.7 Å². The number of aromatic nitrogens is 2. The van der Waals surface area contributed by atoms with Crippen LogP contribution in [0.25, 0.3) is 0 Å². The fourth-order valence-electron chi connectivity index (χ4n) is 2.70. The van der Waals surface area contributed by atoms with Crippen LogP contribution in [-0.4, -0.2) is 77.1 Å². The van der Waals surface area contributed by atoms with Gasteiger partial charge in [-0.1, -0.05) is 5.16 Å². The zero-order valence-corrected chi connectivity index (χ0v) is 13.2. The molecule has 0 saturated carbocycles. The standard InChI is InChI=1S/C14H26N4O3/c1-4-20-10-13(19)8-18-6-5-12(7-18)17(3)9-14-15-11(2)21-16-14/h12-13,19H,4-10H2,1-3H3. The molecule has 1 aromatic rings. The minimum Gasteiger partial charge on any atom is -0.389 e. The molecular weight excluding hydrogens is 272 g/mol. The molecule has 0 radical (unpaired) electrons. The number of aliphatic hydroxyl groups excluding tert-OH is 1. The highest BCUT2D eigenvalue weighted by Gasteiger charge is 2.27. The van der Waals surface area contributed by atoms with E-state index in [4.69, 9.17) is 9.26 Å². The molecule has 21 heavy (non-hydrogen) atoms. The van der Waals surface area contributed by atoms with Gasteiger partial charge in [-0.15, -0.1) is 0 Å². The summed E-state index contributed by atoms with van der Waals surface area (Å²) in [6.07, 6.45) is 0.683. The van der Waals surface area contributed by atoms with Crippen molar-refractivity contribution in [3.8, 4) is 0 Å². The van der Waals surface area contributed by atoms with E-state index in [2.05, 4.69) is 27.0 Å². The third-order valence-electron chi connectivity index (χ3n) is 3.81. The van der Waals surface area contributed by atoms with Gasteiger partial charge in [-0.3, -0.25) is 9.80 Å². The van der Waals surface area contributed by atoms with Crippen molar-refractivity contribution in [2.24, 2.45) is 0 Å². The van der Waals surface area contributed by atoms with Crippen molar-refractivity contribution in [1.29, 1.82) is 0 Å². The van der Waals surface area contributed by atoms with E-state index < -0.39 is 6.10 Å². The number of aliphatic hydroxyl groups is 1. The number of nitrogens with zero attached hydrogens (tertiary/aromatic N) is 4. The van der Waals surface area contributed by atoms with Crippen LogP contribution in [0.2, 0.25) is 0 Å². The van der Waals surface area contributed by atoms with E-state index in [1.807, 2.05) is 6.92 Å². The first-order valence-electron chi connectivity index (χ1n) is 7.56. The van der Waals surface area contributed by atoms with Crippen molar-refractivity contribution in [3.63, 3.8) is 0 Å². The molecule has 1 aliphatic heterocycles. The summed E-state index contributed by atoms with van der Waals surface area (Å²) in [5.74, 6) is 1.33. The molecule has 0 aromatic carbocycles. The average Bonchev–Trinajstić information content (AvgIpc) is 3.06. The lowest BCUT2D eigenvalue weighted by molar-refractivity contribution is 0.0240. The summed E-state index contributed by atoms with van der Waals surface area (Å²) in [5, 5.41) is 13.8. The molecule has 0 amide bonds. The van der Waals surface area contributed by atoms with Gasteiger partial charge in [0.05, 0.1) is 19.3 Å². The summed E-state index contributed by atoms with van der Waals surface area (Å²) in [6.45, 7) is 8.12. The number of β-amino-alcohol motifs (C(OH)–C–C–N with tert-alkyl or cyclic N) is 1. The van der Waals surface area contributed by atoms with Crippen LogP contribution < -0.4 is 0 Å². The molecule has 7 heteroatoms.